The normalized spacial score (nSPS) is 29.1. The van der Waals surface area contributed by atoms with E-state index in [-0.39, 0.29) is 5.54 Å². The highest BCUT2D eigenvalue weighted by Crippen LogP contribution is 2.41. The van der Waals surface area contributed by atoms with E-state index in [1.54, 1.807) is 7.11 Å². The summed E-state index contributed by atoms with van der Waals surface area (Å²) >= 11 is 0. The van der Waals surface area contributed by atoms with E-state index in [2.05, 4.69) is 26.0 Å². The third kappa shape index (κ3) is 2.47. The Bertz CT molecular complexity index is 402. The van der Waals surface area contributed by atoms with Gasteiger partial charge in [-0.05, 0) is 31.7 Å². The zero-order chi connectivity index (χ0) is 12.5. The molecule has 0 radical (unpaired) electrons. The van der Waals surface area contributed by atoms with Crippen LogP contribution >= 0.6 is 0 Å². The lowest BCUT2D eigenvalue weighted by atomic mass is 9.72. The molecule has 2 heteroatoms. The van der Waals surface area contributed by atoms with E-state index in [0.717, 1.165) is 18.6 Å². The van der Waals surface area contributed by atoms with E-state index in [1.807, 2.05) is 6.07 Å². The maximum Gasteiger partial charge on any atom is 0.123 e. The number of nitrogens with two attached hydrogens (primary N) is 1. The first-order valence-electron chi connectivity index (χ1n) is 6.49. The molecule has 0 aromatic heterocycles. The molecule has 0 aliphatic heterocycles. The van der Waals surface area contributed by atoms with Crippen LogP contribution in [0.15, 0.2) is 18.2 Å². The quantitative estimate of drug-likeness (QED) is 0.850. The molecule has 1 aliphatic rings. The molecule has 0 saturated heterocycles. The minimum Gasteiger partial charge on any atom is -0.496 e. The second kappa shape index (κ2) is 4.69. The molecule has 2 unspecified atom stereocenters. The third-order valence-electron chi connectivity index (χ3n) is 3.92. The van der Waals surface area contributed by atoms with E-state index in [4.69, 9.17) is 10.5 Å². The van der Waals surface area contributed by atoms with Crippen molar-refractivity contribution in [1.29, 1.82) is 0 Å². The molecule has 1 aromatic rings. The summed E-state index contributed by atoms with van der Waals surface area (Å²) in [4.78, 5) is 0. The van der Waals surface area contributed by atoms with Crippen LogP contribution in [0.25, 0.3) is 0 Å². The van der Waals surface area contributed by atoms with Crippen molar-refractivity contribution in [3.8, 4) is 5.75 Å². The van der Waals surface area contributed by atoms with Crippen molar-refractivity contribution in [2.24, 2.45) is 11.7 Å². The molecule has 2 atom stereocenters. The van der Waals surface area contributed by atoms with Crippen LogP contribution in [0.1, 0.15) is 43.7 Å². The SMILES string of the molecule is COc1ccc(C)cc1C1(N)CCCC(C)C1. The second-order valence-electron chi connectivity index (χ2n) is 5.56. The number of ether oxygens (including phenoxy) is 1. The summed E-state index contributed by atoms with van der Waals surface area (Å²) in [5.74, 6) is 1.64. The van der Waals surface area contributed by atoms with Crippen molar-refractivity contribution in [2.75, 3.05) is 7.11 Å². The number of hydrogen-bond acceptors (Lipinski definition) is 2. The number of benzene rings is 1. The highest BCUT2D eigenvalue weighted by molar-refractivity contribution is 5.42. The van der Waals surface area contributed by atoms with Gasteiger partial charge in [-0.15, -0.1) is 0 Å². The lowest BCUT2D eigenvalue weighted by molar-refractivity contribution is 0.232. The number of methoxy groups -OCH3 is 1. The van der Waals surface area contributed by atoms with Gasteiger partial charge in [-0.1, -0.05) is 37.5 Å². The Morgan fingerprint density at radius 3 is 2.82 bits per heavy atom. The van der Waals surface area contributed by atoms with Crippen LogP contribution in [0.2, 0.25) is 0 Å². The molecule has 0 amide bonds. The molecule has 2 nitrogen and oxygen atoms in total. The Kier molecular flexibility index (Phi) is 3.43. The van der Waals surface area contributed by atoms with Gasteiger partial charge in [0.2, 0.25) is 0 Å². The fraction of sp³-hybridized carbons (Fsp3) is 0.600. The highest BCUT2D eigenvalue weighted by Gasteiger charge is 2.34. The zero-order valence-electron chi connectivity index (χ0n) is 11.1. The first kappa shape index (κ1) is 12.4. The average Bonchev–Trinajstić information content (AvgIpc) is 2.28. The monoisotopic (exact) mass is 233 g/mol. The number of rotatable bonds is 2. The highest BCUT2D eigenvalue weighted by atomic mass is 16.5. The molecular weight excluding hydrogens is 210 g/mol. The zero-order valence-corrected chi connectivity index (χ0v) is 11.1. The van der Waals surface area contributed by atoms with Crippen LogP contribution in [-0.4, -0.2) is 7.11 Å². The van der Waals surface area contributed by atoms with Gasteiger partial charge in [0.15, 0.2) is 0 Å². The summed E-state index contributed by atoms with van der Waals surface area (Å²) in [7, 11) is 1.73. The van der Waals surface area contributed by atoms with E-state index >= 15 is 0 Å². The van der Waals surface area contributed by atoms with Crippen LogP contribution in [0.3, 0.4) is 0 Å². The van der Waals surface area contributed by atoms with Crippen LogP contribution in [-0.2, 0) is 5.54 Å². The third-order valence-corrected chi connectivity index (χ3v) is 3.92. The van der Waals surface area contributed by atoms with Gasteiger partial charge in [0.25, 0.3) is 0 Å². The smallest absolute Gasteiger partial charge is 0.123 e. The lowest BCUT2D eigenvalue weighted by Gasteiger charge is -2.38. The Balaban J connectivity index is 2.40. The molecule has 2 N–H and O–H groups in total. The summed E-state index contributed by atoms with van der Waals surface area (Å²) in [5, 5.41) is 0. The molecule has 0 spiro atoms. The molecule has 1 fully saturated rings. The number of aryl methyl sites for hydroxylation is 1. The Morgan fingerprint density at radius 1 is 1.41 bits per heavy atom. The van der Waals surface area contributed by atoms with Gasteiger partial charge in [0, 0.05) is 11.1 Å². The first-order chi connectivity index (χ1) is 8.05. The first-order valence-corrected chi connectivity index (χ1v) is 6.49. The molecule has 1 aliphatic carbocycles. The summed E-state index contributed by atoms with van der Waals surface area (Å²) < 4.78 is 5.47. The van der Waals surface area contributed by atoms with Crippen LogP contribution < -0.4 is 10.5 Å². The fourth-order valence-corrected chi connectivity index (χ4v) is 3.05. The van der Waals surface area contributed by atoms with E-state index < -0.39 is 0 Å². The van der Waals surface area contributed by atoms with Gasteiger partial charge >= 0.3 is 0 Å². The van der Waals surface area contributed by atoms with Gasteiger partial charge in [0.1, 0.15) is 5.75 Å². The van der Waals surface area contributed by atoms with Crippen molar-refractivity contribution in [3.63, 3.8) is 0 Å². The maximum atomic E-state index is 6.64. The van der Waals surface area contributed by atoms with Gasteiger partial charge < -0.3 is 10.5 Å². The minimum atomic E-state index is -0.199. The van der Waals surface area contributed by atoms with Crippen molar-refractivity contribution in [1.82, 2.24) is 0 Å². The Hall–Kier alpha value is -1.02. The standard InChI is InChI=1S/C15H23NO/c1-11-6-7-14(17-3)13(9-11)15(16)8-4-5-12(2)10-15/h6-7,9,12H,4-5,8,10,16H2,1-3H3. The molecule has 0 bridgehead atoms. The van der Waals surface area contributed by atoms with Crippen molar-refractivity contribution in [3.05, 3.63) is 29.3 Å². The predicted molar refractivity (Wildman–Crippen MR) is 71.2 cm³/mol. The molecule has 2 rings (SSSR count). The van der Waals surface area contributed by atoms with Crippen LogP contribution in [0, 0.1) is 12.8 Å². The molecular formula is C15H23NO. The fourth-order valence-electron chi connectivity index (χ4n) is 3.05. The summed E-state index contributed by atoms with van der Waals surface area (Å²) in [6, 6.07) is 6.31. The van der Waals surface area contributed by atoms with Gasteiger partial charge in [-0.3, -0.25) is 0 Å². The summed E-state index contributed by atoms with van der Waals surface area (Å²) in [5.41, 5.74) is 8.88. The predicted octanol–water partition coefficient (Wildman–Crippen LogP) is 3.37. The summed E-state index contributed by atoms with van der Waals surface area (Å²) in [6.07, 6.45) is 4.64. The van der Waals surface area contributed by atoms with Crippen molar-refractivity contribution >= 4 is 0 Å². The average molecular weight is 233 g/mol. The number of hydrogen-bond donors (Lipinski definition) is 1. The second-order valence-corrected chi connectivity index (χ2v) is 5.56. The van der Waals surface area contributed by atoms with E-state index in [0.29, 0.717) is 5.92 Å². The molecule has 17 heavy (non-hydrogen) atoms. The lowest BCUT2D eigenvalue weighted by Crippen LogP contribution is -2.41. The Morgan fingerprint density at radius 2 is 2.18 bits per heavy atom. The van der Waals surface area contributed by atoms with Crippen LogP contribution in [0.5, 0.6) is 5.75 Å². The van der Waals surface area contributed by atoms with Gasteiger partial charge in [-0.25, -0.2) is 0 Å². The molecule has 1 aromatic carbocycles. The molecule has 1 saturated carbocycles. The van der Waals surface area contributed by atoms with Gasteiger partial charge in [0.05, 0.1) is 7.11 Å². The minimum absolute atomic E-state index is 0.199. The van der Waals surface area contributed by atoms with Gasteiger partial charge in [-0.2, -0.15) is 0 Å². The largest absolute Gasteiger partial charge is 0.496 e. The van der Waals surface area contributed by atoms with Crippen molar-refractivity contribution < 1.29 is 4.74 Å². The summed E-state index contributed by atoms with van der Waals surface area (Å²) in [6.45, 7) is 4.40. The molecule has 94 valence electrons. The Labute approximate surface area is 104 Å². The van der Waals surface area contributed by atoms with Crippen LogP contribution in [0.4, 0.5) is 0 Å². The van der Waals surface area contributed by atoms with Crippen molar-refractivity contribution in [2.45, 2.75) is 45.1 Å². The van der Waals surface area contributed by atoms with E-state index in [1.165, 1.54) is 24.0 Å². The maximum absolute atomic E-state index is 6.64. The molecule has 0 heterocycles. The topological polar surface area (TPSA) is 35.2 Å². The van der Waals surface area contributed by atoms with E-state index in [9.17, 15) is 0 Å².